The summed E-state index contributed by atoms with van der Waals surface area (Å²) in [6.45, 7) is 7.71. The highest BCUT2D eigenvalue weighted by atomic mass is 32.1. The summed E-state index contributed by atoms with van der Waals surface area (Å²) in [4.78, 5) is 27.8. The summed E-state index contributed by atoms with van der Waals surface area (Å²) in [5, 5.41) is 5.12. The first-order valence-corrected chi connectivity index (χ1v) is 8.78. The number of nitrogens with one attached hydrogen (secondary N) is 1. The van der Waals surface area contributed by atoms with E-state index in [2.05, 4.69) is 11.4 Å². The zero-order valence-corrected chi connectivity index (χ0v) is 15.0. The van der Waals surface area contributed by atoms with Crippen molar-refractivity contribution >= 4 is 34.4 Å². The molecule has 2 aromatic rings. The number of hydrogen-bond acceptors (Lipinski definition) is 4. The second-order valence-corrected chi connectivity index (χ2v) is 7.19. The van der Waals surface area contributed by atoms with Crippen LogP contribution < -0.4 is 5.32 Å². The molecule has 2 amide bonds. The van der Waals surface area contributed by atoms with Crippen molar-refractivity contribution in [2.24, 2.45) is 0 Å². The van der Waals surface area contributed by atoms with Crippen LogP contribution in [0.15, 0.2) is 41.4 Å². The fourth-order valence-electron chi connectivity index (χ4n) is 2.87. The van der Waals surface area contributed by atoms with Gasteiger partial charge in [-0.3, -0.25) is 14.5 Å². The van der Waals surface area contributed by atoms with Gasteiger partial charge in [-0.2, -0.15) is 0 Å². The lowest BCUT2D eigenvalue weighted by molar-refractivity contribution is -0.138. The Morgan fingerprint density at radius 1 is 1.08 bits per heavy atom. The predicted molar refractivity (Wildman–Crippen MR) is 97.8 cm³/mol. The van der Waals surface area contributed by atoms with Gasteiger partial charge in [0.2, 0.25) is 0 Å². The molecule has 1 N–H and O–H groups in total. The SMILES string of the molecule is Cc1ccc(NC2=C(c3cccs3)C(=O)N(C(C)C)C2=O)c(C)c1. The topological polar surface area (TPSA) is 49.4 Å². The lowest BCUT2D eigenvalue weighted by Gasteiger charge is -2.19. The van der Waals surface area contributed by atoms with Crippen LogP contribution in [0.5, 0.6) is 0 Å². The van der Waals surface area contributed by atoms with Gasteiger partial charge in [-0.25, -0.2) is 0 Å². The maximum atomic E-state index is 12.8. The Morgan fingerprint density at radius 2 is 1.83 bits per heavy atom. The van der Waals surface area contributed by atoms with Crippen molar-refractivity contribution in [1.82, 2.24) is 4.90 Å². The predicted octanol–water partition coefficient (Wildman–Crippen LogP) is 3.97. The number of thiophene rings is 1. The van der Waals surface area contributed by atoms with Crippen LogP contribution >= 0.6 is 11.3 Å². The van der Waals surface area contributed by atoms with E-state index in [4.69, 9.17) is 0 Å². The largest absolute Gasteiger partial charge is 0.350 e. The second kappa shape index (κ2) is 6.24. The number of aryl methyl sites for hydroxylation is 2. The van der Waals surface area contributed by atoms with E-state index in [0.29, 0.717) is 11.3 Å². The number of nitrogens with zero attached hydrogens (tertiary/aromatic N) is 1. The van der Waals surface area contributed by atoms with E-state index in [9.17, 15) is 9.59 Å². The van der Waals surface area contributed by atoms with E-state index in [-0.39, 0.29) is 17.9 Å². The number of hydrogen-bond donors (Lipinski definition) is 1. The van der Waals surface area contributed by atoms with Crippen LogP contribution in [0.1, 0.15) is 29.9 Å². The van der Waals surface area contributed by atoms with Crippen molar-refractivity contribution in [3.63, 3.8) is 0 Å². The molecule has 1 aliphatic heterocycles. The molecule has 1 aromatic carbocycles. The number of rotatable bonds is 4. The summed E-state index contributed by atoms with van der Waals surface area (Å²) < 4.78 is 0. The van der Waals surface area contributed by atoms with Crippen molar-refractivity contribution in [2.45, 2.75) is 33.7 Å². The van der Waals surface area contributed by atoms with Crippen LogP contribution in [-0.2, 0) is 9.59 Å². The summed E-state index contributed by atoms with van der Waals surface area (Å²) in [7, 11) is 0. The van der Waals surface area contributed by atoms with Crippen LogP contribution in [0.4, 0.5) is 5.69 Å². The molecule has 0 radical (unpaired) electrons. The van der Waals surface area contributed by atoms with Gasteiger partial charge in [0.25, 0.3) is 11.8 Å². The van der Waals surface area contributed by atoms with Crippen molar-refractivity contribution in [3.05, 3.63) is 57.4 Å². The number of imide groups is 1. The lowest BCUT2D eigenvalue weighted by atomic mass is 10.1. The zero-order chi connectivity index (χ0) is 17.4. The van der Waals surface area contributed by atoms with Crippen LogP contribution in [0, 0.1) is 13.8 Å². The number of anilines is 1. The molecule has 1 aromatic heterocycles. The fraction of sp³-hybridized carbons (Fsp3) is 0.263. The molecular weight excluding hydrogens is 320 g/mol. The molecule has 0 fully saturated rings. The van der Waals surface area contributed by atoms with Crippen LogP contribution in [0.3, 0.4) is 0 Å². The van der Waals surface area contributed by atoms with E-state index in [1.165, 1.54) is 16.2 Å². The third-order valence-corrected chi connectivity index (χ3v) is 4.93. The molecule has 3 rings (SSSR count). The van der Waals surface area contributed by atoms with Crippen molar-refractivity contribution < 1.29 is 9.59 Å². The molecule has 0 saturated carbocycles. The van der Waals surface area contributed by atoms with Gasteiger partial charge in [-0.1, -0.05) is 23.8 Å². The highest BCUT2D eigenvalue weighted by Crippen LogP contribution is 2.34. The van der Waals surface area contributed by atoms with Crippen LogP contribution in [0.2, 0.25) is 0 Å². The van der Waals surface area contributed by atoms with Gasteiger partial charge in [0.15, 0.2) is 0 Å². The summed E-state index contributed by atoms with van der Waals surface area (Å²) in [5.74, 6) is -0.497. The number of benzene rings is 1. The first-order chi connectivity index (χ1) is 11.4. The second-order valence-electron chi connectivity index (χ2n) is 6.24. The quantitative estimate of drug-likeness (QED) is 0.857. The molecule has 124 valence electrons. The highest BCUT2D eigenvalue weighted by molar-refractivity contribution is 7.11. The normalized spacial score (nSPS) is 15.0. The molecule has 5 heteroatoms. The molecule has 24 heavy (non-hydrogen) atoms. The van der Waals surface area contributed by atoms with Gasteiger partial charge < -0.3 is 5.32 Å². The van der Waals surface area contributed by atoms with Gasteiger partial charge in [0, 0.05) is 16.6 Å². The Bertz CT molecular complexity index is 835. The average molecular weight is 340 g/mol. The first-order valence-electron chi connectivity index (χ1n) is 7.90. The minimum atomic E-state index is -0.265. The van der Waals surface area contributed by atoms with Crippen molar-refractivity contribution in [3.8, 4) is 0 Å². The Balaban J connectivity index is 2.09. The summed E-state index contributed by atoms with van der Waals surface area (Å²) >= 11 is 1.46. The number of carbonyl (C=O) groups excluding carboxylic acids is 2. The number of amides is 2. The van der Waals surface area contributed by atoms with E-state index < -0.39 is 0 Å². The number of carbonyl (C=O) groups is 2. The van der Waals surface area contributed by atoms with Gasteiger partial charge in [-0.05, 0) is 50.8 Å². The lowest BCUT2D eigenvalue weighted by Crippen LogP contribution is -2.38. The fourth-order valence-corrected chi connectivity index (χ4v) is 3.64. The molecule has 4 nitrogen and oxygen atoms in total. The molecular formula is C19H20N2O2S. The summed E-state index contributed by atoms with van der Waals surface area (Å²) in [6.07, 6.45) is 0. The van der Waals surface area contributed by atoms with E-state index in [0.717, 1.165) is 21.7 Å². The van der Waals surface area contributed by atoms with Crippen LogP contribution in [0.25, 0.3) is 5.57 Å². The smallest absolute Gasteiger partial charge is 0.278 e. The van der Waals surface area contributed by atoms with Gasteiger partial charge in [-0.15, -0.1) is 11.3 Å². The summed E-state index contributed by atoms with van der Waals surface area (Å²) in [5.41, 5.74) is 3.86. The minimum Gasteiger partial charge on any atom is -0.350 e. The van der Waals surface area contributed by atoms with Crippen LogP contribution in [-0.4, -0.2) is 22.8 Å². The third kappa shape index (κ3) is 2.76. The van der Waals surface area contributed by atoms with E-state index >= 15 is 0 Å². The standard InChI is InChI=1S/C19H20N2O2S/c1-11(2)21-18(22)16(15-6-5-9-24-15)17(19(21)23)20-14-8-7-12(3)10-13(14)4/h5-11,20H,1-4H3. The minimum absolute atomic E-state index is 0.182. The van der Waals surface area contributed by atoms with Crippen molar-refractivity contribution in [2.75, 3.05) is 5.32 Å². The van der Waals surface area contributed by atoms with Gasteiger partial charge in [0.05, 0.1) is 5.57 Å². The molecule has 0 aliphatic carbocycles. The van der Waals surface area contributed by atoms with Crippen molar-refractivity contribution in [1.29, 1.82) is 0 Å². The Kier molecular flexibility index (Phi) is 4.28. The molecule has 2 heterocycles. The molecule has 0 atom stereocenters. The molecule has 0 bridgehead atoms. The third-order valence-electron chi connectivity index (χ3n) is 4.04. The maximum Gasteiger partial charge on any atom is 0.278 e. The monoisotopic (exact) mass is 340 g/mol. The van der Waals surface area contributed by atoms with Gasteiger partial charge in [0.1, 0.15) is 5.70 Å². The zero-order valence-electron chi connectivity index (χ0n) is 14.2. The molecule has 0 spiro atoms. The molecule has 1 aliphatic rings. The summed E-state index contributed by atoms with van der Waals surface area (Å²) in [6, 6.07) is 9.56. The Hall–Kier alpha value is -2.40. The molecule has 0 unspecified atom stereocenters. The van der Waals surface area contributed by atoms with E-state index in [1.807, 2.05) is 57.3 Å². The molecule has 0 saturated heterocycles. The first kappa shape index (κ1) is 16.5. The maximum absolute atomic E-state index is 12.8. The van der Waals surface area contributed by atoms with E-state index in [1.54, 1.807) is 0 Å². The highest BCUT2D eigenvalue weighted by Gasteiger charge is 2.41. The Labute approximate surface area is 145 Å². The average Bonchev–Trinajstić information content (AvgIpc) is 3.09. The van der Waals surface area contributed by atoms with Gasteiger partial charge >= 0.3 is 0 Å². The Morgan fingerprint density at radius 3 is 2.42 bits per heavy atom.